The van der Waals surface area contributed by atoms with Gasteiger partial charge in [-0.05, 0) is 40.2 Å². The molecule has 0 saturated carbocycles. The van der Waals surface area contributed by atoms with Crippen molar-refractivity contribution in [1.29, 1.82) is 0 Å². The summed E-state index contributed by atoms with van der Waals surface area (Å²) < 4.78 is 39.0. The molecule has 1 N–H and O–H groups in total. The predicted molar refractivity (Wildman–Crippen MR) is 90.2 cm³/mol. The van der Waals surface area contributed by atoms with Crippen molar-refractivity contribution in [2.24, 2.45) is 0 Å². The smallest absolute Gasteiger partial charge is 0.319 e. The summed E-state index contributed by atoms with van der Waals surface area (Å²) in [6.07, 6.45) is -0.960. The molecular formula is C16H9BrF3N5O. The number of carbonyl (C=O) groups excluding carboxylic acids is 1. The fraction of sp³-hybridized carbons (Fsp3) is 0.0625. The first-order valence-corrected chi connectivity index (χ1v) is 7.92. The number of nitrogens with zero attached hydrogens (tertiary/aromatic N) is 4. The molecule has 3 rings (SSSR count). The fourth-order valence-corrected chi connectivity index (χ4v) is 2.43. The Kier molecular flexibility index (Phi) is 4.94. The zero-order valence-corrected chi connectivity index (χ0v) is 14.4. The second-order valence-electron chi connectivity index (χ2n) is 4.98. The van der Waals surface area contributed by atoms with Crippen LogP contribution in [0, 0.1) is 0 Å². The number of aromatic nitrogens is 4. The molecule has 0 atom stereocenters. The van der Waals surface area contributed by atoms with Gasteiger partial charge in [-0.15, -0.1) is 0 Å². The highest BCUT2D eigenvalue weighted by Crippen LogP contribution is 2.30. The molecule has 3 aromatic heterocycles. The van der Waals surface area contributed by atoms with E-state index in [1.165, 1.54) is 30.6 Å². The van der Waals surface area contributed by atoms with Gasteiger partial charge in [0.05, 0.1) is 17.6 Å². The number of amides is 1. The highest BCUT2D eigenvalue weighted by atomic mass is 79.9. The predicted octanol–water partition coefficient (Wildman–Crippen LogP) is 3.97. The normalized spacial score (nSPS) is 11.2. The van der Waals surface area contributed by atoms with Gasteiger partial charge in [-0.2, -0.15) is 13.2 Å². The molecule has 0 aliphatic heterocycles. The Morgan fingerprint density at radius 1 is 1.08 bits per heavy atom. The number of rotatable bonds is 3. The Morgan fingerprint density at radius 3 is 2.62 bits per heavy atom. The second-order valence-corrected chi connectivity index (χ2v) is 5.80. The first-order valence-electron chi connectivity index (χ1n) is 7.13. The Morgan fingerprint density at radius 2 is 1.88 bits per heavy atom. The summed E-state index contributed by atoms with van der Waals surface area (Å²) in [4.78, 5) is 27.0. The summed E-state index contributed by atoms with van der Waals surface area (Å²) in [6.45, 7) is 0. The lowest BCUT2D eigenvalue weighted by Crippen LogP contribution is -2.15. The van der Waals surface area contributed by atoms with Crippen LogP contribution in [0.25, 0.3) is 11.3 Å². The third-order valence-corrected chi connectivity index (χ3v) is 3.64. The van der Waals surface area contributed by atoms with Gasteiger partial charge in [0.1, 0.15) is 10.3 Å². The number of anilines is 1. The number of nitrogens with one attached hydrogen (secondary N) is 1. The van der Waals surface area contributed by atoms with Gasteiger partial charge in [0, 0.05) is 18.0 Å². The van der Waals surface area contributed by atoms with Crippen molar-refractivity contribution < 1.29 is 18.0 Å². The van der Waals surface area contributed by atoms with Crippen molar-refractivity contribution >= 4 is 27.5 Å². The van der Waals surface area contributed by atoms with Crippen LogP contribution in [0.2, 0.25) is 0 Å². The maximum absolute atomic E-state index is 12.8. The maximum Gasteiger partial charge on any atom is 0.451 e. The molecule has 6 nitrogen and oxygen atoms in total. The van der Waals surface area contributed by atoms with Crippen molar-refractivity contribution in [3.63, 3.8) is 0 Å². The minimum absolute atomic E-state index is 0.00669. The second kappa shape index (κ2) is 7.16. The van der Waals surface area contributed by atoms with E-state index in [0.717, 1.165) is 6.20 Å². The Labute approximate surface area is 153 Å². The molecular weight excluding hydrogens is 415 g/mol. The number of hydrogen-bond acceptors (Lipinski definition) is 5. The summed E-state index contributed by atoms with van der Waals surface area (Å²) in [7, 11) is 0. The van der Waals surface area contributed by atoms with Gasteiger partial charge >= 0.3 is 6.18 Å². The molecule has 0 bridgehead atoms. The molecule has 0 spiro atoms. The van der Waals surface area contributed by atoms with E-state index in [0.29, 0.717) is 4.60 Å². The molecule has 0 unspecified atom stereocenters. The Hall–Kier alpha value is -2.88. The van der Waals surface area contributed by atoms with E-state index in [9.17, 15) is 18.0 Å². The molecule has 132 valence electrons. The average Bonchev–Trinajstić information content (AvgIpc) is 2.61. The van der Waals surface area contributed by atoms with E-state index < -0.39 is 17.9 Å². The van der Waals surface area contributed by atoms with Crippen LogP contribution in [-0.4, -0.2) is 25.8 Å². The molecule has 0 aliphatic carbocycles. The van der Waals surface area contributed by atoms with Crippen LogP contribution in [0.5, 0.6) is 0 Å². The molecule has 0 aliphatic rings. The van der Waals surface area contributed by atoms with E-state index in [-0.39, 0.29) is 22.6 Å². The highest BCUT2D eigenvalue weighted by Gasteiger charge is 2.34. The monoisotopic (exact) mass is 423 g/mol. The van der Waals surface area contributed by atoms with Crippen molar-refractivity contribution in [1.82, 2.24) is 19.9 Å². The SMILES string of the molecule is O=C(Nc1cnccc1-c1ccnc(C(F)(F)F)n1)c1cccc(Br)n1. The van der Waals surface area contributed by atoms with Crippen LogP contribution < -0.4 is 5.32 Å². The van der Waals surface area contributed by atoms with Crippen LogP contribution >= 0.6 is 15.9 Å². The molecule has 10 heteroatoms. The van der Waals surface area contributed by atoms with Gasteiger partial charge in [0.15, 0.2) is 0 Å². The molecule has 1 amide bonds. The number of alkyl halides is 3. The molecule has 26 heavy (non-hydrogen) atoms. The Bertz CT molecular complexity index is 964. The summed E-state index contributed by atoms with van der Waals surface area (Å²) >= 11 is 3.17. The summed E-state index contributed by atoms with van der Waals surface area (Å²) in [5.74, 6) is -1.80. The van der Waals surface area contributed by atoms with E-state index in [1.54, 1.807) is 12.1 Å². The molecule has 0 radical (unpaired) electrons. The summed E-state index contributed by atoms with van der Waals surface area (Å²) in [5.41, 5.74) is 0.613. The topological polar surface area (TPSA) is 80.7 Å². The van der Waals surface area contributed by atoms with Crippen molar-refractivity contribution in [3.05, 3.63) is 65.0 Å². The standard InChI is InChI=1S/C16H9BrF3N5O/c17-13-3-1-2-11(23-13)14(26)24-12-8-21-6-4-9(12)10-5-7-22-15(25-10)16(18,19)20/h1-8H,(H,24,26). The van der Waals surface area contributed by atoms with E-state index in [4.69, 9.17) is 0 Å². The molecule has 3 aromatic rings. The summed E-state index contributed by atoms with van der Waals surface area (Å²) in [5, 5.41) is 2.58. The van der Waals surface area contributed by atoms with Gasteiger partial charge in [-0.1, -0.05) is 6.07 Å². The van der Waals surface area contributed by atoms with Gasteiger partial charge in [0.2, 0.25) is 5.82 Å². The molecule has 0 fully saturated rings. The lowest BCUT2D eigenvalue weighted by molar-refractivity contribution is -0.144. The van der Waals surface area contributed by atoms with Crippen LogP contribution in [0.4, 0.5) is 18.9 Å². The van der Waals surface area contributed by atoms with E-state index in [2.05, 4.69) is 41.2 Å². The van der Waals surface area contributed by atoms with E-state index >= 15 is 0 Å². The minimum Gasteiger partial charge on any atom is -0.319 e. The van der Waals surface area contributed by atoms with Crippen molar-refractivity contribution in [2.45, 2.75) is 6.18 Å². The van der Waals surface area contributed by atoms with E-state index in [1.807, 2.05) is 0 Å². The van der Waals surface area contributed by atoms with Gasteiger partial charge < -0.3 is 5.32 Å². The number of pyridine rings is 2. The first kappa shape index (κ1) is 17.9. The first-order chi connectivity index (χ1) is 12.3. The quantitative estimate of drug-likeness (QED) is 0.644. The van der Waals surface area contributed by atoms with Crippen molar-refractivity contribution in [2.75, 3.05) is 5.32 Å². The van der Waals surface area contributed by atoms with Crippen LogP contribution in [0.3, 0.4) is 0 Å². The number of carbonyl (C=O) groups is 1. The number of hydrogen-bond donors (Lipinski definition) is 1. The zero-order valence-electron chi connectivity index (χ0n) is 12.8. The Balaban J connectivity index is 1.96. The minimum atomic E-state index is -4.67. The fourth-order valence-electron chi connectivity index (χ4n) is 2.08. The summed E-state index contributed by atoms with van der Waals surface area (Å²) in [6, 6.07) is 7.56. The lowest BCUT2D eigenvalue weighted by Gasteiger charge is -2.11. The third-order valence-electron chi connectivity index (χ3n) is 3.20. The largest absolute Gasteiger partial charge is 0.451 e. The lowest BCUT2D eigenvalue weighted by atomic mass is 10.1. The van der Waals surface area contributed by atoms with Crippen molar-refractivity contribution in [3.8, 4) is 11.3 Å². The zero-order chi connectivity index (χ0) is 18.7. The van der Waals surface area contributed by atoms with Crippen LogP contribution in [0.1, 0.15) is 16.3 Å². The molecule has 0 aromatic carbocycles. The van der Waals surface area contributed by atoms with Gasteiger partial charge in [-0.3, -0.25) is 9.78 Å². The molecule has 3 heterocycles. The third kappa shape index (κ3) is 4.02. The molecule has 0 saturated heterocycles. The van der Waals surface area contributed by atoms with Crippen LogP contribution in [-0.2, 0) is 6.18 Å². The van der Waals surface area contributed by atoms with Crippen LogP contribution in [0.15, 0.2) is 53.5 Å². The van der Waals surface area contributed by atoms with Gasteiger partial charge in [-0.25, -0.2) is 15.0 Å². The highest BCUT2D eigenvalue weighted by molar-refractivity contribution is 9.10. The maximum atomic E-state index is 12.8. The average molecular weight is 424 g/mol. The number of halogens is 4. The van der Waals surface area contributed by atoms with Gasteiger partial charge in [0.25, 0.3) is 5.91 Å².